The average Bonchev–Trinajstić information content (AvgIpc) is 2.45. The summed E-state index contributed by atoms with van der Waals surface area (Å²) < 4.78 is 16.9. The summed E-state index contributed by atoms with van der Waals surface area (Å²) in [6.07, 6.45) is 4.53. The zero-order chi connectivity index (χ0) is 14.4. The summed E-state index contributed by atoms with van der Waals surface area (Å²) in [6, 6.07) is 0.853. The van der Waals surface area contributed by atoms with Crippen LogP contribution in [0, 0.1) is 0 Å². The van der Waals surface area contributed by atoms with E-state index >= 15 is 0 Å². The van der Waals surface area contributed by atoms with Gasteiger partial charge in [0.25, 0.3) is 0 Å². The zero-order valence-corrected chi connectivity index (χ0v) is 14.1. The highest BCUT2D eigenvalue weighted by atomic mass is 28.4. The van der Waals surface area contributed by atoms with Crippen molar-refractivity contribution in [1.29, 1.82) is 0 Å². The molecule has 0 aliphatic rings. The van der Waals surface area contributed by atoms with Crippen LogP contribution >= 0.6 is 0 Å². The van der Waals surface area contributed by atoms with Gasteiger partial charge in [0.1, 0.15) is 0 Å². The van der Waals surface area contributed by atoms with E-state index in [1.165, 1.54) is 12.8 Å². The van der Waals surface area contributed by atoms with Crippen LogP contribution in [0.2, 0.25) is 6.04 Å². The first-order valence-electron chi connectivity index (χ1n) is 7.40. The van der Waals surface area contributed by atoms with E-state index in [1.54, 1.807) is 14.2 Å². The van der Waals surface area contributed by atoms with Crippen molar-refractivity contribution in [2.45, 2.75) is 45.6 Å². The Morgan fingerprint density at radius 3 is 2.11 bits per heavy atom. The van der Waals surface area contributed by atoms with Crippen LogP contribution in [0.1, 0.15) is 39.5 Å². The first-order valence-corrected chi connectivity index (χ1v) is 9.33. The molecule has 0 unspecified atom stereocenters. The number of rotatable bonds is 14. The van der Waals surface area contributed by atoms with Gasteiger partial charge < -0.3 is 18.6 Å². The molecule has 0 aromatic rings. The van der Waals surface area contributed by atoms with Crippen molar-refractivity contribution in [3.63, 3.8) is 0 Å². The fraction of sp³-hybridized carbons (Fsp3) is 1.00. The molecule has 0 heterocycles. The quantitative estimate of drug-likeness (QED) is 0.291. The third-order valence-corrected chi connectivity index (χ3v) is 5.78. The number of nitrogens with one attached hydrogen (secondary N) is 2. The molecule has 0 aromatic heterocycles. The fourth-order valence-corrected chi connectivity index (χ4v) is 3.63. The molecule has 0 radical (unpaired) electrons. The molecule has 0 aliphatic heterocycles. The van der Waals surface area contributed by atoms with E-state index in [0.717, 1.165) is 38.5 Å². The Labute approximate surface area is 119 Å². The maximum absolute atomic E-state index is 5.84. The van der Waals surface area contributed by atoms with E-state index < -0.39 is 8.80 Å². The number of hydrogen-bond donors (Lipinski definition) is 2. The molecule has 0 spiro atoms. The predicted molar refractivity (Wildman–Crippen MR) is 81.2 cm³/mol. The van der Waals surface area contributed by atoms with Gasteiger partial charge in [0.05, 0.1) is 6.73 Å². The molecule has 0 saturated heterocycles. The van der Waals surface area contributed by atoms with Crippen molar-refractivity contribution in [3.8, 4) is 0 Å². The van der Waals surface area contributed by atoms with E-state index in [0.29, 0.717) is 6.73 Å². The minimum absolute atomic E-state index is 0.510. The highest BCUT2D eigenvalue weighted by Crippen LogP contribution is 2.15. The van der Waals surface area contributed by atoms with Crippen LogP contribution in [-0.4, -0.2) is 49.4 Å². The summed E-state index contributed by atoms with van der Waals surface area (Å²) in [5, 5.41) is 6.64. The Hall–Kier alpha value is 0.0169. The molecule has 0 rings (SSSR count). The van der Waals surface area contributed by atoms with Gasteiger partial charge in [-0.3, -0.25) is 5.32 Å². The molecule has 0 fully saturated rings. The average molecular weight is 292 g/mol. The highest BCUT2D eigenvalue weighted by molar-refractivity contribution is 6.60. The smallest absolute Gasteiger partial charge is 0.377 e. The van der Waals surface area contributed by atoms with Gasteiger partial charge in [0, 0.05) is 20.3 Å². The van der Waals surface area contributed by atoms with Crippen molar-refractivity contribution < 1.29 is 13.3 Å². The Kier molecular flexibility index (Phi) is 13.0. The summed E-state index contributed by atoms with van der Waals surface area (Å²) >= 11 is 0. The van der Waals surface area contributed by atoms with E-state index in [9.17, 15) is 0 Å². The van der Waals surface area contributed by atoms with Gasteiger partial charge in [-0.15, -0.1) is 0 Å². The summed E-state index contributed by atoms with van der Waals surface area (Å²) in [5.41, 5.74) is 0. The van der Waals surface area contributed by atoms with Crippen molar-refractivity contribution in [1.82, 2.24) is 10.6 Å². The minimum Gasteiger partial charge on any atom is -0.377 e. The molecular formula is C13H32N2O3Si. The van der Waals surface area contributed by atoms with Gasteiger partial charge in [-0.05, 0) is 38.9 Å². The maximum atomic E-state index is 5.84. The predicted octanol–water partition coefficient (Wildman–Crippen LogP) is 1.97. The summed E-state index contributed by atoms with van der Waals surface area (Å²) in [7, 11) is 0.897. The second-order valence-electron chi connectivity index (χ2n) is 4.59. The second-order valence-corrected chi connectivity index (χ2v) is 7.56. The molecule has 2 N–H and O–H groups in total. The van der Waals surface area contributed by atoms with Gasteiger partial charge in [0.15, 0.2) is 0 Å². The van der Waals surface area contributed by atoms with E-state index in [4.69, 9.17) is 13.3 Å². The fourth-order valence-electron chi connectivity index (χ4n) is 1.74. The van der Waals surface area contributed by atoms with Gasteiger partial charge in [-0.2, -0.15) is 0 Å². The Bertz CT molecular complexity index is 177. The van der Waals surface area contributed by atoms with Crippen LogP contribution in [0.3, 0.4) is 0 Å². The van der Waals surface area contributed by atoms with Crippen LogP contribution in [0.15, 0.2) is 0 Å². The normalized spacial score (nSPS) is 12.0. The molecular weight excluding hydrogens is 260 g/mol. The lowest BCUT2D eigenvalue weighted by Crippen LogP contribution is -2.46. The lowest BCUT2D eigenvalue weighted by Gasteiger charge is -2.26. The highest BCUT2D eigenvalue weighted by Gasteiger charge is 2.38. The van der Waals surface area contributed by atoms with Crippen molar-refractivity contribution in [3.05, 3.63) is 0 Å². The van der Waals surface area contributed by atoms with Crippen molar-refractivity contribution in [2.24, 2.45) is 0 Å². The molecule has 0 bridgehead atoms. The zero-order valence-electron chi connectivity index (χ0n) is 13.1. The topological polar surface area (TPSA) is 51.8 Å². The van der Waals surface area contributed by atoms with Gasteiger partial charge >= 0.3 is 8.80 Å². The Morgan fingerprint density at radius 1 is 0.842 bits per heavy atom. The largest absolute Gasteiger partial charge is 0.501 e. The van der Waals surface area contributed by atoms with Crippen LogP contribution in [0.25, 0.3) is 0 Å². The lowest BCUT2D eigenvalue weighted by atomic mass is 10.3. The van der Waals surface area contributed by atoms with E-state index in [-0.39, 0.29) is 0 Å². The first-order chi connectivity index (χ1) is 9.24. The summed E-state index contributed by atoms with van der Waals surface area (Å²) in [5.74, 6) is 0. The van der Waals surface area contributed by atoms with Crippen molar-refractivity contribution in [2.75, 3.05) is 40.6 Å². The number of hydrogen-bond acceptors (Lipinski definition) is 5. The van der Waals surface area contributed by atoms with Crippen molar-refractivity contribution >= 4 is 8.80 Å². The van der Waals surface area contributed by atoms with Crippen LogP contribution in [-0.2, 0) is 13.3 Å². The molecule has 5 nitrogen and oxygen atoms in total. The van der Waals surface area contributed by atoms with E-state index in [1.807, 2.05) is 0 Å². The SMILES string of the molecule is CCCCNCO[Si](CCCNCCC)(OC)OC. The third kappa shape index (κ3) is 9.54. The number of unbranched alkanes of at least 4 members (excludes halogenated alkanes) is 1. The maximum Gasteiger partial charge on any atom is 0.501 e. The van der Waals surface area contributed by atoms with Gasteiger partial charge in [-0.25, -0.2) is 0 Å². The molecule has 0 aliphatic carbocycles. The first kappa shape index (κ1) is 19.0. The van der Waals surface area contributed by atoms with Gasteiger partial charge in [0.2, 0.25) is 0 Å². The van der Waals surface area contributed by atoms with Crippen LogP contribution in [0.5, 0.6) is 0 Å². The minimum atomic E-state index is -2.47. The molecule has 0 atom stereocenters. The summed E-state index contributed by atoms with van der Waals surface area (Å²) in [6.45, 7) is 7.88. The third-order valence-electron chi connectivity index (χ3n) is 2.99. The molecule has 0 aromatic carbocycles. The van der Waals surface area contributed by atoms with Crippen LogP contribution < -0.4 is 10.6 Å². The molecule has 6 heteroatoms. The molecule has 0 saturated carbocycles. The van der Waals surface area contributed by atoms with Gasteiger partial charge in [-0.1, -0.05) is 20.3 Å². The standard InChI is InChI=1S/C13H32N2O3Si/c1-5-7-10-15-13-18-19(16-3,17-4)12-8-11-14-9-6-2/h14-15H,5-13H2,1-4H3. The lowest BCUT2D eigenvalue weighted by molar-refractivity contribution is 0.0895. The second kappa shape index (κ2) is 13.0. The Balaban J connectivity index is 3.83. The monoisotopic (exact) mass is 292 g/mol. The van der Waals surface area contributed by atoms with E-state index in [2.05, 4.69) is 24.5 Å². The Morgan fingerprint density at radius 2 is 1.53 bits per heavy atom. The molecule has 0 amide bonds. The van der Waals surface area contributed by atoms with Crippen LogP contribution in [0.4, 0.5) is 0 Å². The molecule has 19 heavy (non-hydrogen) atoms. The molecule has 116 valence electrons. The summed E-state index contributed by atoms with van der Waals surface area (Å²) in [4.78, 5) is 0.